The molecule has 2 unspecified atom stereocenters. The van der Waals surface area contributed by atoms with E-state index >= 15 is 0 Å². The summed E-state index contributed by atoms with van der Waals surface area (Å²) in [6.45, 7) is 7.85. The molecule has 4 heteroatoms. The van der Waals surface area contributed by atoms with Crippen LogP contribution >= 0.6 is 0 Å². The zero-order valence-corrected chi connectivity index (χ0v) is 11.9. The lowest BCUT2D eigenvalue weighted by molar-refractivity contribution is 0.361. The molecule has 2 atom stereocenters. The number of aromatic nitrogens is 3. The summed E-state index contributed by atoms with van der Waals surface area (Å²) < 4.78 is 2.05. The Balaban J connectivity index is 1.70. The molecule has 0 bridgehead atoms. The summed E-state index contributed by atoms with van der Waals surface area (Å²) in [5.74, 6) is 1.72. The average molecular weight is 258 g/mol. The highest BCUT2D eigenvalue weighted by Gasteiger charge is 2.36. The molecule has 2 aromatic heterocycles. The van der Waals surface area contributed by atoms with Crippen LogP contribution in [0.3, 0.4) is 0 Å². The Kier molecular flexibility index (Phi) is 3.05. The summed E-state index contributed by atoms with van der Waals surface area (Å²) in [5, 5.41) is 12.1. The van der Waals surface area contributed by atoms with E-state index in [0.717, 1.165) is 23.9 Å². The van der Waals surface area contributed by atoms with E-state index in [1.807, 2.05) is 24.4 Å². The third-order valence-corrected chi connectivity index (χ3v) is 4.24. The van der Waals surface area contributed by atoms with Gasteiger partial charge in [0, 0.05) is 12.2 Å². The van der Waals surface area contributed by atoms with Gasteiger partial charge in [0.2, 0.25) is 0 Å². The van der Waals surface area contributed by atoms with E-state index in [1.54, 1.807) is 0 Å². The molecule has 2 heterocycles. The van der Waals surface area contributed by atoms with Gasteiger partial charge in [-0.05, 0) is 36.3 Å². The predicted molar refractivity (Wildman–Crippen MR) is 75.8 cm³/mol. The molecule has 19 heavy (non-hydrogen) atoms. The van der Waals surface area contributed by atoms with Crippen molar-refractivity contribution in [3.63, 3.8) is 0 Å². The fraction of sp³-hybridized carbons (Fsp3) is 0.600. The number of fused-ring (bicyclic) bond motifs is 1. The van der Waals surface area contributed by atoms with E-state index in [4.69, 9.17) is 0 Å². The van der Waals surface area contributed by atoms with Crippen molar-refractivity contribution in [1.29, 1.82) is 0 Å². The van der Waals surface area contributed by atoms with E-state index in [1.165, 1.54) is 12.8 Å². The predicted octanol–water partition coefficient (Wildman–Crippen LogP) is 2.64. The maximum Gasteiger partial charge on any atom is 0.160 e. The van der Waals surface area contributed by atoms with Crippen LogP contribution in [0.25, 0.3) is 5.65 Å². The minimum absolute atomic E-state index is 0.462. The largest absolute Gasteiger partial charge is 0.307 e. The van der Waals surface area contributed by atoms with E-state index in [2.05, 4.69) is 40.7 Å². The maximum absolute atomic E-state index is 4.27. The molecule has 102 valence electrons. The first-order valence-electron chi connectivity index (χ1n) is 7.07. The van der Waals surface area contributed by atoms with Crippen LogP contribution in [0.1, 0.15) is 39.4 Å². The number of pyridine rings is 1. The van der Waals surface area contributed by atoms with Crippen LogP contribution in [0.15, 0.2) is 24.4 Å². The molecule has 0 radical (unpaired) electrons. The summed E-state index contributed by atoms with van der Waals surface area (Å²) in [5.41, 5.74) is 1.38. The highest BCUT2D eigenvalue weighted by molar-refractivity contribution is 5.36. The van der Waals surface area contributed by atoms with Crippen LogP contribution in [0.2, 0.25) is 0 Å². The Bertz CT molecular complexity index is 572. The molecular formula is C15H22N4. The SMILES string of the molecule is CC1CC(C)(C)CC1NCc1nnc2ccccn12. The van der Waals surface area contributed by atoms with Gasteiger partial charge in [0.1, 0.15) is 0 Å². The lowest BCUT2D eigenvalue weighted by Crippen LogP contribution is -2.31. The Morgan fingerprint density at radius 2 is 2.16 bits per heavy atom. The van der Waals surface area contributed by atoms with Crippen molar-refractivity contribution in [2.45, 2.75) is 46.2 Å². The highest BCUT2D eigenvalue weighted by atomic mass is 15.3. The molecule has 2 aromatic rings. The number of hydrogen-bond acceptors (Lipinski definition) is 3. The van der Waals surface area contributed by atoms with Gasteiger partial charge >= 0.3 is 0 Å². The minimum atomic E-state index is 0.462. The number of rotatable bonds is 3. The molecule has 0 amide bonds. The Morgan fingerprint density at radius 1 is 1.32 bits per heavy atom. The second-order valence-corrected chi connectivity index (χ2v) is 6.58. The van der Waals surface area contributed by atoms with Crippen LogP contribution < -0.4 is 5.32 Å². The van der Waals surface area contributed by atoms with Crippen molar-refractivity contribution in [2.75, 3.05) is 0 Å². The van der Waals surface area contributed by atoms with Crippen molar-refractivity contribution in [2.24, 2.45) is 11.3 Å². The van der Waals surface area contributed by atoms with Crippen molar-refractivity contribution in [3.05, 3.63) is 30.2 Å². The zero-order valence-electron chi connectivity index (χ0n) is 11.9. The summed E-state index contributed by atoms with van der Waals surface area (Å²) in [6.07, 6.45) is 4.56. The molecule has 1 fully saturated rings. The first-order chi connectivity index (χ1) is 9.05. The molecule has 0 spiro atoms. The van der Waals surface area contributed by atoms with Crippen LogP contribution in [0.4, 0.5) is 0 Å². The standard InChI is InChI=1S/C15H22N4/c1-11-8-15(2,3)9-12(11)16-10-14-18-17-13-6-4-5-7-19(13)14/h4-7,11-12,16H,8-10H2,1-3H3. The highest BCUT2D eigenvalue weighted by Crippen LogP contribution is 2.40. The first-order valence-corrected chi connectivity index (χ1v) is 7.07. The topological polar surface area (TPSA) is 42.2 Å². The fourth-order valence-corrected chi connectivity index (χ4v) is 3.40. The van der Waals surface area contributed by atoms with Crippen molar-refractivity contribution in [1.82, 2.24) is 19.9 Å². The van der Waals surface area contributed by atoms with E-state index in [-0.39, 0.29) is 0 Å². The molecule has 3 rings (SSSR count). The molecular weight excluding hydrogens is 236 g/mol. The van der Waals surface area contributed by atoms with Crippen LogP contribution in [-0.4, -0.2) is 20.6 Å². The molecule has 0 aliphatic heterocycles. The summed E-state index contributed by atoms with van der Waals surface area (Å²) in [4.78, 5) is 0. The maximum atomic E-state index is 4.27. The molecule has 1 saturated carbocycles. The fourth-order valence-electron chi connectivity index (χ4n) is 3.40. The first kappa shape index (κ1) is 12.6. The van der Waals surface area contributed by atoms with Gasteiger partial charge in [-0.3, -0.25) is 4.40 Å². The normalized spacial score (nSPS) is 26.1. The van der Waals surface area contributed by atoms with Crippen molar-refractivity contribution in [3.8, 4) is 0 Å². The van der Waals surface area contributed by atoms with E-state index in [0.29, 0.717) is 11.5 Å². The molecule has 0 aromatic carbocycles. The summed E-state index contributed by atoms with van der Waals surface area (Å²) in [6, 6.07) is 6.58. The summed E-state index contributed by atoms with van der Waals surface area (Å²) >= 11 is 0. The van der Waals surface area contributed by atoms with Crippen LogP contribution in [-0.2, 0) is 6.54 Å². The molecule has 4 nitrogen and oxygen atoms in total. The molecule has 0 saturated heterocycles. The second kappa shape index (κ2) is 4.60. The van der Waals surface area contributed by atoms with Crippen LogP contribution in [0.5, 0.6) is 0 Å². The van der Waals surface area contributed by atoms with Gasteiger partial charge in [0.15, 0.2) is 11.5 Å². The van der Waals surface area contributed by atoms with Crippen molar-refractivity contribution >= 4 is 5.65 Å². The number of nitrogens with zero attached hydrogens (tertiary/aromatic N) is 3. The monoisotopic (exact) mass is 258 g/mol. The summed E-state index contributed by atoms with van der Waals surface area (Å²) in [7, 11) is 0. The van der Waals surface area contributed by atoms with Gasteiger partial charge < -0.3 is 5.32 Å². The van der Waals surface area contributed by atoms with Gasteiger partial charge in [-0.2, -0.15) is 0 Å². The molecule has 1 aliphatic carbocycles. The smallest absolute Gasteiger partial charge is 0.160 e. The van der Waals surface area contributed by atoms with Gasteiger partial charge in [-0.1, -0.05) is 26.8 Å². The third-order valence-electron chi connectivity index (χ3n) is 4.24. The Morgan fingerprint density at radius 3 is 2.89 bits per heavy atom. The third kappa shape index (κ3) is 2.50. The van der Waals surface area contributed by atoms with Gasteiger partial charge in [-0.15, -0.1) is 10.2 Å². The zero-order chi connectivity index (χ0) is 13.5. The Labute approximate surface area is 114 Å². The molecule has 1 aliphatic rings. The van der Waals surface area contributed by atoms with E-state index < -0.39 is 0 Å². The number of nitrogens with one attached hydrogen (secondary N) is 1. The van der Waals surface area contributed by atoms with Crippen LogP contribution in [0, 0.1) is 11.3 Å². The average Bonchev–Trinajstić information content (AvgIpc) is 2.87. The van der Waals surface area contributed by atoms with Gasteiger partial charge in [0.05, 0.1) is 6.54 Å². The Hall–Kier alpha value is -1.42. The minimum Gasteiger partial charge on any atom is -0.307 e. The van der Waals surface area contributed by atoms with Gasteiger partial charge in [0.25, 0.3) is 0 Å². The second-order valence-electron chi connectivity index (χ2n) is 6.58. The lowest BCUT2D eigenvalue weighted by atomic mass is 9.91. The number of hydrogen-bond donors (Lipinski definition) is 1. The van der Waals surface area contributed by atoms with Crippen molar-refractivity contribution < 1.29 is 0 Å². The lowest BCUT2D eigenvalue weighted by Gasteiger charge is -2.18. The molecule has 1 N–H and O–H groups in total. The quantitative estimate of drug-likeness (QED) is 0.920. The van der Waals surface area contributed by atoms with Gasteiger partial charge in [-0.25, -0.2) is 0 Å². The van der Waals surface area contributed by atoms with E-state index in [9.17, 15) is 0 Å².